The van der Waals surface area contributed by atoms with E-state index in [1.807, 2.05) is 0 Å². The molecule has 0 bridgehead atoms. The van der Waals surface area contributed by atoms with E-state index in [0.717, 1.165) is 25.5 Å². The molecule has 1 atom stereocenters. The van der Waals surface area contributed by atoms with E-state index in [4.69, 9.17) is 10.5 Å². The first-order valence-electron chi connectivity index (χ1n) is 6.30. The van der Waals surface area contributed by atoms with E-state index in [2.05, 4.69) is 18.7 Å². The molecular formula is C12H26N2O. The van der Waals surface area contributed by atoms with Gasteiger partial charge in [0.15, 0.2) is 0 Å². The van der Waals surface area contributed by atoms with Crippen molar-refractivity contribution in [3.05, 3.63) is 0 Å². The van der Waals surface area contributed by atoms with Crippen LogP contribution in [0.5, 0.6) is 0 Å². The van der Waals surface area contributed by atoms with E-state index < -0.39 is 0 Å². The van der Waals surface area contributed by atoms with Crippen LogP contribution in [0.25, 0.3) is 0 Å². The number of piperidine rings is 1. The Labute approximate surface area is 94.0 Å². The zero-order valence-corrected chi connectivity index (χ0v) is 10.2. The molecule has 0 aliphatic carbocycles. The van der Waals surface area contributed by atoms with E-state index >= 15 is 0 Å². The van der Waals surface area contributed by atoms with Crippen molar-refractivity contribution in [3.63, 3.8) is 0 Å². The van der Waals surface area contributed by atoms with E-state index in [0.29, 0.717) is 6.10 Å². The van der Waals surface area contributed by atoms with Gasteiger partial charge >= 0.3 is 0 Å². The van der Waals surface area contributed by atoms with Crippen LogP contribution in [0.3, 0.4) is 0 Å². The summed E-state index contributed by atoms with van der Waals surface area (Å²) in [6.07, 6.45) is 4.05. The molecule has 1 heterocycles. The van der Waals surface area contributed by atoms with Gasteiger partial charge in [-0.25, -0.2) is 0 Å². The average Bonchev–Trinajstić information content (AvgIpc) is 2.22. The van der Waals surface area contributed by atoms with Crippen LogP contribution >= 0.6 is 0 Å². The largest absolute Gasteiger partial charge is 0.378 e. The van der Waals surface area contributed by atoms with Gasteiger partial charge in [-0.1, -0.05) is 6.92 Å². The van der Waals surface area contributed by atoms with E-state index in [1.54, 1.807) is 0 Å². The molecule has 3 heteroatoms. The van der Waals surface area contributed by atoms with Crippen molar-refractivity contribution in [2.24, 2.45) is 11.7 Å². The Morgan fingerprint density at radius 1 is 1.40 bits per heavy atom. The van der Waals surface area contributed by atoms with Crippen molar-refractivity contribution in [2.45, 2.75) is 39.2 Å². The number of hydrogen-bond acceptors (Lipinski definition) is 3. The third kappa shape index (κ3) is 4.96. The van der Waals surface area contributed by atoms with Gasteiger partial charge in [0, 0.05) is 26.2 Å². The maximum absolute atomic E-state index is 5.64. The van der Waals surface area contributed by atoms with Gasteiger partial charge < -0.3 is 15.4 Å². The van der Waals surface area contributed by atoms with Gasteiger partial charge in [0.1, 0.15) is 0 Å². The Kier molecular flexibility index (Phi) is 6.22. The standard InChI is InChI=1S/C12H26N2O/c1-3-15-12-5-8-14(9-6-12)10-11(2)4-7-13/h11-12H,3-10,13H2,1-2H3. The van der Waals surface area contributed by atoms with Gasteiger partial charge in [0.05, 0.1) is 6.10 Å². The normalized spacial score (nSPS) is 21.8. The molecule has 2 N–H and O–H groups in total. The first-order valence-corrected chi connectivity index (χ1v) is 6.30. The van der Waals surface area contributed by atoms with Crippen molar-refractivity contribution in [2.75, 3.05) is 32.8 Å². The Morgan fingerprint density at radius 3 is 2.60 bits per heavy atom. The number of nitrogens with two attached hydrogens (primary N) is 1. The van der Waals surface area contributed by atoms with Crippen LogP contribution in [0.1, 0.15) is 33.1 Å². The Morgan fingerprint density at radius 2 is 2.07 bits per heavy atom. The second kappa shape index (κ2) is 7.20. The molecule has 15 heavy (non-hydrogen) atoms. The highest BCUT2D eigenvalue weighted by atomic mass is 16.5. The van der Waals surface area contributed by atoms with Crippen LogP contribution in [0.15, 0.2) is 0 Å². The minimum absolute atomic E-state index is 0.510. The van der Waals surface area contributed by atoms with Crippen LogP contribution in [0, 0.1) is 5.92 Å². The molecular weight excluding hydrogens is 188 g/mol. The fourth-order valence-electron chi connectivity index (χ4n) is 2.31. The Bertz CT molecular complexity index is 156. The zero-order valence-electron chi connectivity index (χ0n) is 10.2. The maximum Gasteiger partial charge on any atom is 0.0599 e. The topological polar surface area (TPSA) is 38.5 Å². The predicted molar refractivity (Wildman–Crippen MR) is 63.9 cm³/mol. The lowest BCUT2D eigenvalue weighted by atomic mass is 10.0. The van der Waals surface area contributed by atoms with Crippen molar-refractivity contribution in [1.29, 1.82) is 0 Å². The highest BCUT2D eigenvalue weighted by molar-refractivity contribution is 4.73. The summed E-state index contributed by atoms with van der Waals surface area (Å²) in [7, 11) is 0. The van der Waals surface area contributed by atoms with Gasteiger partial charge in [-0.15, -0.1) is 0 Å². The highest BCUT2D eigenvalue weighted by Gasteiger charge is 2.19. The maximum atomic E-state index is 5.64. The molecule has 0 aromatic carbocycles. The predicted octanol–water partition coefficient (Wildman–Crippen LogP) is 1.47. The SMILES string of the molecule is CCOC1CCN(CC(C)CCN)CC1. The fraction of sp³-hybridized carbons (Fsp3) is 1.00. The minimum Gasteiger partial charge on any atom is -0.378 e. The Hall–Kier alpha value is -0.120. The Balaban J connectivity index is 2.14. The molecule has 1 fully saturated rings. The first kappa shape index (κ1) is 12.9. The van der Waals surface area contributed by atoms with Gasteiger partial charge in [0.25, 0.3) is 0 Å². The fourth-order valence-corrected chi connectivity index (χ4v) is 2.31. The summed E-state index contributed by atoms with van der Waals surface area (Å²) in [5, 5.41) is 0. The van der Waals surface area contributed by atoms with Crippen LogP contribution < -0.4 is 5.73 Å². The second-order valence-corrected chi connectivity index (χ2v) is 4.64. The van der Waals surface area contributed by atoms with Crippen molar-refractivity contribution in [3.8, 4) is 0 Å². The van der Waals surface area contributed by atoms with Gasteiger partial charge in [0.2, 0.25) is 0 Å². The smallest absolute Gasteiger partial charge is 0.0599 e. The lowest BCUT2D eigenvalue weighted by molar-refractivity contribution is 0.0114. The second-order valence-electron chi connectivity index (χ2n) is 4.64. The van der Waals surface area contributed by atoms with E-state index in [1.165, 1.54) is 32.5 Å². The first-order chi connectivity index (χ1) is 7.26. The van der Waals surface area contributed by atoms with Gasteiger partial charge in [-0.05, 0) is 38.6 Å². The molecule has 0 saturated carbocycles. The van der Waals surface area contributed by atoms with Crippen LogP contribution in [-0.4, -0.2) is 43.8 Å². The zero-order chi connectivity index (χ0) is 11.1. The molecule has 1 saturated heterocycles. The monoisotopic (exact) mass is 214 g/mol. The van der Waals surface area contributed by atoms with Crippen LogP contribution in [-0.2, 0) is 4.74 Å². The average molecular weight is 214 g/mol. The lowest BCUT2D eigenvalue weighted by Crippen LogP contribution is -2.39. The quantitative estimate of drug-likeness (QED) is 0.728. The summed E-state index contributed by atoms with van der Waals surface area (Å²) in [6, 6.07) is 0. The number of hydrogen-bond donors (Lipinski definition) is 1. The minimum atomic E-state index is 0.510. The summed E-state index contributed by atoms with van der Waals surface area (Å²) < 4.78 is 5.64. The number of rotatable bonds is 6. The molecule has 3 nitrogen and oxygen atoms in total. The van der Waals surface area contributed by atoms with Gasteiger partial charge in [-0.3, -0.25) is 0 Å². The van der Waals surface area contributed by atoms with Crippen molar-refractivity contribution in [1.82, 2.24) is 4.90 Å². The molecule has 0 aromatic heterocycles. The number of ether oxygens (including phenoxy) is 1. The molecule has 0 aromatic rings. The summed E-state index contributed by atoms with van der Waals surface area (Å²) in [5.41, 5.74) is 5.56. The summed E-state index contributed by atoms with van der Waals surface area (Å²) >= 11 is 0. The molecule has 0 spiro atoms. The third-order valence-electron chi connectivity index (χ3n) is 3.17. The molecule has 0 radical (unpaired) electrons. The molecule has 1 aliphatic heterocycles. The molecule has 0 amide bonds. The van der Waals surface area contributed by atoms with Crippen molar-refractivity contribution >= 4 is 0 Å². The molecule has 1 aliphatic rings. The summed E-state index contributed by atoms with van der Waals surface area (Å²) in [6.45, 7) is 9.64. The number of likely N-dealkylation sites (tertiary alicyclic amines) is 1. The van der Waals surface area contributed by atoms with Crippen molar-refractivity contribution < 1.29 is 4.74 Å². The van der Waals surface area contributed by atoms with Gasteiger partial charge in [-0.2, -0.15) is 0 Å². The molecule has 1 rings (SSSR count). The summed E-state index contributed by atoms with van der Waals surface area (Å²) in [4.78, 5) is 2.55. The van der Waals surface area contributed by atoms with E-state index in [-0.39, 0.29) is 0 Å². The molecule has 1 unspecified atom stereocenters. The highest BCUT2D eigenvalue weighted by Crippen LogP contribution is 2.15. The molecule has 90 valence electrons. The lowest BCUT2D eigenvalue weighted by Gasteiger charge is -2.33. The van der Waals surface area contributed by atoms with E-state index in [9.17, 15) is 0 Å². The van der Waals surface area contributed by atoms with Crippen LogP contribution in [0.4, 0.5) is 0 Å². The third-order valence-corrected chi connectivity index (χ3v) is 3.17. The number of nitrogens with zero attached hydrogens (tertiary/aromatic N) is 1. The van der Waals surface area contributed by atoms with Crippen LogP contribution in [0.2, 0.25) is 0 Å². The summed E-state index contributed by atoms with van der Waals surface area (Å²) in [5.74, 6) is 0.735.